The zero-order valence-electron chi connectivity index (χ0n) is 15.8. The average molecular weight is 492 g/mol. The van der Waals surface area contributed by atoms with Crippen molar-refractivity contribution in [1.29, 1.82) is 0 Å². The molecule has 0 bridgehead atoms. The van der Waals surface area contributed by atoms with E-state index in [1.807, 2.05) is 11.3 Å². The van der Waals surface area contributed by atoms with E-state index >= 15 is 0 Å². The Balaban J connectivity index is 0.00000312. The van der Waals surface area contributed by atoms with Gasteiger partial charge in [-0.2, -0.15) is 0 Å². The van der Waals surface area contributed by atoms with Crippen molar-refractivity contribution in [2.24, 2.45) is 4.99 Å². The maximum atomic E-state index is 4.71. The molecule has 25 heavy (non-hydrogen) atoms. The zero-order chi connectivity index (χ0) is 17.7. The highest BCUT2D eigenvalue weighted by atomic mass is 127. The van der Waals surface area contributed by atoms with Crippen molar-refractivity contribution in [2.75, 3.05) is 7.05 Å². The lowest BCUT2D eigenvalue weighted by molar-refractivity contribution is 0.570. The van der Waals surface area contributed by atoms with Gasteiger partial charge in [-0.1, -0.05) is 20.8 Å². The van der Waals surface area contributed by atoms with Gasteiger partial charge in [-0.3, -0.25) is 4.99 Å². The standard InChI is InChI=1S/C18H28N4S2.HI/c1-12(9-14-8-7-13(2)24-14)21-17(19-6)20-10-16-22-15(11-23-16)18(3,4)5;/h7-8,11-12H,9-10H2,1-6H3,(H2,19,20,21);1H. The summed E-state index contributed by atoms with van der Waals surface area (Å²) in [5.74, 6) is 0.822. The maximum Gasteiger partial charge on any atom is 0.191 e. The van der Waals surface area contributed by atoms with E-state index in [2.05, 4.69) is 67.8 Å². The summed E-state index contributed by atoms with van der Waals surface area (Å²) in [5, 5.41) is 10.1. The molecule has 7 heteroatoms. The fourth-order valence-corrected chi connectivity index (χ4v) is 4.25. The van der Waals surface area contributed by atoms with Crippen LogP contribution in [0.15, 0.2) is 22.5 Å². The summed E-state index contributed by atoms with van der Waals surface area (Å²) in [6, 6.07) is 4.71. The Bertz CT molecular complexity index is 685. The highest BCUT2D eigenvalue weighted by molar-refractivity contribution is 14.0. The molecular formula is C18H29IN4S2. The van der Waals surface area contributed by atoms with Crippen molar-refractivity contribution in [1.82, 2.24) is 15.6 Å². The SMILES string of the molecule is CN=C(NCc1nc(C(C)(C)C)cs1)NC(C)Cc1ccc(C)s1.I. The van der Waals surface area contributed by atoms with Crippen LogP contribution in [-0.4, -0.2) is 24.0 Å². The molecule has 0 aliphatic heterocycles. The minimum Gasteiger partial charge on any atom is -0.354 e. The van der Waals surface area contributed by atoms with Crippen molar-refractivity contribution in [3.8, 4) is 0 Å². The molecule has 2 aromatic rings. The lowest BCUT2D eigenvalue weighted by Gasteiger charge is -2.17. The van der Waals surface area contributed by atoms with Crippen LogP contribution in [-0.2, 0) is 18.4 Å². The highest BCUT2D eigenvalue weighted by Gasteiger charge is 2.17. The summed E-state index contributed by atoms with van der Waals surface area (Å²) in [7, 11) is 1.81. The van der Waals surface area contributed by atoms with Crippen LogP contribution in [0.25, 0.3) is 0 Å². The molecule has 2 heterocycles. The number of guanidine groups is 1. The van der Waals surface area contributed by atoms with Gasteiger partial charge in [0.2, 0.25) is 0 Å². The summed E-state index contributed by atoms with van der Waals surface area (Å²) in [4.78, 5) is 11.8. The Morgan fingerprint density at radius 2 is 2.04 bits per heavy atom. The summed E-state index contributed by atoms with van der Waals surface area (Å²) in [6.45, 7) is 11.6. The number of thiophene rings is 1. The van der Waals surface area contributed by atoms with Gasteiger partial charge in [-0.05, 0) is 26.0 Å². The summed E-state index contributed by atoms with van der Waals surface area (Å²) in [6.07, 6.45) is 1.00. The molecular weight excluding hydrogens is 463 g/mol. The van der Waals surface area contributed by atoms with E-state index in [0.29, 0.717) is 12.6 Å². The van der Waals surface area contributed by atoms with Gasteiger partial charge >= 0.3 is 0 Å². The third-order valence-corrected chi connectivity index (χ3v) is 5.51. The van der Waals surface area contributed by atoms with Crippen molar-refractivity contribution in [2.45, 2.75) is 59.0 Å². The zero-order valence-corrected chi connectivity index (χ0v) is 19.8. The maximum absolute atomic E-state index is 4.71. The van der Waals surface area contributed by atoms with Gasteiger partial charge < -0.3 is 10.6 Å². The van der Waals surface area contributed by atoms with E-state index in [1.165, 1.54) is 9.75 Å². The number of aliphatic imine (C=N–C) groups is 1. The number of rotatable bonds is 5. The van der Waals surface area contributed by atoms with Crippen LogP contribution >= 0.6 is 46.7 Å². The molecule has 0 aromatic carbocycles. The molecule has 1 unspecified atom stereocenters. The van der Waals surface area contributed by atoms with Crippen molar-refractivity contribution >= 4 is 52.6 Å². The molecule has 0 radical (unpaired) electrons. The molecule has 0 aliphatic rings. The van der Waals surface area contributed by atoms with E-state index in [-0.39, 0.29) is 29.4 Å². The smallest absolute Gasteiger partial charge is 0.191 e. The van der Waals surface area contributed by atoms with Crippen LogP contribution in [0, 0.1) is 6.92 Å². The monoisotopic (exact) mass is 492 g/mol. The molecule has 1 atom stereocenters. The quantitative estimate of drug-likeness (QED) is 0.361. The fraction of sp³-hybridized carbons (Fsp3) is 0.556. The van der Waals surface area contributed by atoms with Crippen LogP contribution in [0.2, 0.25) is 0 Å². The number of thiazole rings is 1. The van der Waals surface area contributed by atoms with Crippen molar-refractivity contribution < 1.29 is 0 Å². The first-order valence-electron chi connectivity index (χ1n) is 8.25. The van der Waals surface area contributed by atoms with Crippen LogP contribution in [0.1, 0.15) is 48.2 Å². The number of aryl methyl sites for hydroxylation is 1. The van der Waals surface area contributed by atoms with Gasteiger partial charge in [0, 0.05) is 40.1 Å². The Morgan fingerprint density at radius 1 is 1.32 bits per heavy atom. The van der Waals surface area contributed by atoms with E-state index in [9.17, 15) is 0 Å². The molecule has 0 fully saturated rings. The van der Waals surface area contributed by atoms with E-state index in [4.69, 9.17) is 4.98 Å². The minimum absolute atomic E-state index is 0. The van der Waals surface area contributed by atoms with Crippen molar-refractivity contribution in [3.05, 3.63) is 38.0 Å². The van der Waals surface area contributed by atoms with Gasteiger partial charge in [0.1, 0.15) is 5.01 Å². The largest absolute Gasteiger partial charge is 0.354 e. The van der Waals surface area contributed by atoms with Gasteiger partial charge in [0.05, 0.1) is 12.2 Å². The second-order valence-corrected chi connectivity index (χ2v) is 9.38. The average Bonchev–Trinajstić information content (AvgIpc) is 3.12. The first-order chi connectivity index (χ1) is 11.3. The number of nitrogens with one attached hydrogen (secondary N) is 2. The summed E-state index contributed by atoms with van der Waals surface area (Å²) >= 11 is 3.56. The number of aromatic nitrogens is 1. The molecule has 2 rings (SSSR count). The summed E-state index contributed by atoms with van der Waals surface area (Å²) < 4.78 is 0. The van der Waals surface area contributed by atoms with Crippen LogP contribution in [0.4, 0.5) is 0 Å². The molecule has 0 saturated heterocycles. The lowest BCUT2D eigenvalue weighted by Crippen LogP contribution is -2.42. The van der Waals surface area contributed by atoms with Crippen molar-refractivity contribution in [3.63, 3.8) is 0 Å². The second-order valence-electron chi connectivity index (χ2n) is 7.06. The predicted molar refractivity (Wildman–Crippen MR) is 122 cm³/mol. The lowest BCUT2D eigenvalue weighted by atomic mass is 9.93. The van der Waals surface area contributed by atoms with E-state index < -0.39 is 0 Å². The van der Waals surface area contributed by atoms with Gasteiger partial charge in [0.15, 0.2) is 5.96 Å². The van der Waals surface area contributed by atoms with Crippen LogP contribution in [0.5, 0.6) is 0 Å². The van der Waals surface area contributed by atoms with Gasteiger partial charge in [0.25, 0.3) is 0 Å². The molecule has 140 valence electrons. The second kappa shape index (κ2) is 9.87. The normalized spacial score (nSPS) is 13.3. The fourth-order valence-electron chi connectivity index (χ4n) is 2.27. The third-order valence-electron chi connectivity index (χ3n) is 3.64. The molecule has 4 nitrogen and oxygen atoms in total. The summed E-state index contributed by atoms with van der Waals surface area (Å²) in [5.41, 5.74) is 1.25. The molecule has 2 aromatic heterocycles. The molecule has 0 saturated carbocycles. The number of halogens is 1. The third kappa shape index (κ3) is 7.22. The van der Waals surface area contributed by atoms with Crippen LogP contribution in [0.3, 0.4) is 0 Å². The molecule has 0 aliphatic carbocycles. The van der Waals surface area contributed by atoms with Gasteiger partial charge in [-0.15, -0.1) is 46.7 Å². The molecule has 0 spiro atoms. The Kier molecular flexibility index (Phi) is 8.83. The van der Waals surface area contributed by atoms with E-state index in [1.54, 1.807) is 18.4 Å². The van der Waals surface area contributed by atoms with E-state index in [0.717, 1.165) is 23.1 Å². The minimum atomic E-state index is 0. The predicted octanol–water partition coefficient (Wildman–Crippen LogP) is 4.72. The Labute approximate surface area is 176 Å². The number of hydrogen-bond acceptors (Lipinski definition) is 4. The van der Waals surface area contributed by atoms with Gasteiger partial charge in [-0.25, -0.2) is 4.98 Å². The highest BCUT2D eigenvalue weighted by Crippen LogP contribution is 2.23. The first-order valence-corrected chi connectivity index (χ1v) is 9.95. The molecule has 0 amide bonds. The Morgan fingerprint density at radius 3 is 2.56 bits per heavy atom. The van der Waals surface area contributed by atoms with Crippen LogP contribution < -0.4 is 10.6 Å². The Hall–Kier alpha value is -0.670. The topological polar surface area (TPSA) is 49.3 Å². The number of hydrogen-bond donors (Lipinski definition) is 2. The number of nitrogens with zero attached hydrogens (tertiary/aromatic N) is 2. The molecule has 2 N–H and O–H groups in total. The first kappa shape index (κ1) is 22.4.